The van der Waals surface area contributed by atoms with Crippen molar-refractivity contribution in [2.45, 2.75) is 6.36 Å². The fraction of sp³-hybridized carbons (Fsp3) is 0.133. The molecule has 0 radical (unpaired) electrons. The van der Waals surface area contributed by atoms with Gasteiger partial charge in [0.1, 0.15) is 17.8 Å². The van der Waals surface area contributed by atoms with Crippen molar-refractivity contribution in [2.75, 3.05) is 7.11 Å². The van der Waals surface area contributed by atoms with Crippen LogP contribution in [0.1, 0.15) is 10.4 Å². The van der Waals surface area contributed by atoms with Crippen molar-refractivity contribution in [1.29, 1.82) is 0 Å². The van der Waals surface area contributed by atoms with Gasteiger partial charge in [0.2, 0.25) is 0 Å². The summed E-state index contributed by atoms with van der Waals surface area (Å²) in [4.78, 5) is 10.9. The number of alkyl halides is 3. The lowest BCUT2D eigenvalue weighted by Crippen LogP contribution is -2.17. The quantitative estimate of drug-likeness (QED) is 0.798. The van der Waals surface area contributed by atoms with Gasteiger partial charge in [0.15, 0.2) is 0 Å². The summed E-state index contributed by atoms with van der Waals surface area (Å²) in [6.45, 7) is 0. The molecule has 21 heavy (non-hydrogen) atoms. The van der Waals surface area contributed by atoms with Crippen molar-refractivity contribution in [3.63, 3.8) is 0 Å². The summed E-state index contributed by atoms with van der Waals surface area (Å²) >= 11 is 0. The molecule has 2 rings (SSSR count). The first-order valence-corrected chi connectivity index (χ1v) is 5.92. The lowest BCUT2D eigenvalue weighted by Gasteiger charge is -2.11. The standard InChI is InChI=1S/C15H11F3O3/c1-20-13-4-2-3-11(7-13)12-5-10(9-19)6-14(8-12)21-15(16,17)18/h2-9H,1H3. The largest absolute Gasteiger partial charge is 0.573 e. The van der Waals surface area contributed by atoms with Gasteiger partial charge in [-0.15, -0.1) is 13.2 Å². The number of methoxy groups -OCH3 is 1. The maximum atomic E-state index is 12.3. The average Bonchev–Trinajstić information content (AvgIpc) is 2.45. The van der Waals surface area contributed by atoms with Gasteiger partial charge < -0.3 is 9.47 Å². The Hall–Kier alpha value is -2.50. The van der Waals surface area contributed by atoms with Crippen molar-refractivity contribution in [3.05, 3.63) is 48.0 Å². The Morgan fingerprint density at radius 2 is 1.71 bits per heavy atom. The van der Waals surface area contributed by atoms with E-state index in [0.29, 0.717) is 23.2 Å². The molecule has 0 heterocycles. The van der Waals surface area contributed by atoms with E-state index in [9.17, 15) is 18.0 Å². The summed E-state index contributed by atoms with van der Waals surface area (Å²) in [5.74, 6) is 0.118. The van der Waals surface area contributed by atoms with E-state index in [1.807, 2.05) is 0 Å². The zero-order valence-corrected chi connectivity index (χ0v) is 11.0. The van der Waals surface area contributed by atoms with Gasteiger partial charge in [0.05, 0.1) is 7.11 Å². The van der Waals surface area contributed by atoms with E-state index in [0.717, 1.165) is 6.07 Å². The molecule has 0 aliphatic rings. The van der Waals surface area contributed by atoms with Gasteiger partial charge in [0, 0.05) is 5.56 Å². The Bertz CT molecular complexity index is 651. The molecule has 0 spiro atoms. The number of hydrogen-bond donors (Lipinski definition) is 0. The monoisotopic (exact) mass is 296 g/mol. The van der Waals surface area contributed by atoms with Crippen LogP contribution in [0.3, 0.4) is 0 Å². The first-order valence-electron chi connectivity index (χ1n) is 5.92. The first kappa shape index (κ1) is 14.9. The van der Waals surface area contributed by atoms with Crippen LogP contribution in [0.25, 0.3) is 11.1 Å². The second kappa shape index (κ2) is 5.87. The zero-order chi connectivity index (χ0) is 15.5. The summed E-state index contributed by atoms with van der Waals surface area (Å²) in [7, 11) is 1.49. The predicted octanol–water partition coefficient (Wildman–Crippen LogP) is 4.07. The minimum atomic E-state index is -4.81. The highest BCUT2D eigenvalue weighted by Crippen LogP contribution is 2.30. The molecule has 0 amide bonds. The molecule has 0 aromatic heterocycles. The fourth-order valence-electron chi connectivity index (χ4n) is 1.85. The number of ether oxygens (including phenoxy) is 2. The number of aldehydes is 1. The van der Waals surface area contributed by atoms with E-state index < -0.39 is 12.1 Å². The molecule has 110 valence electrons. The summed E-state index contributed by atoms with van der Waals surface area (Å²) in [5.41, 5.74) is 1.14. The van der Waals surface area contributed by atoms with E-state index in [-0.39, 0.29) is 5.56 Å². The summed E-state index contributed by atoms with van der Waals surface area (Å²) in [5, 5.41) is 0. The Labute approximate surface area is 118 Å². The molecule has 0 bridgehead atoms. The molecule has 0 fully saturated rings. The minimum absolute atomic E-state index is 0.0922. The van der Waals surface area contributed by atoms with Gasteiger partial charge in [-0.2, -0.15) is 0 Å². The molecule has 0 unspecified atom stereocenters. The third kappa shape index (κ3) is 3.98. The van der Waals surface area contributed by atoms with Crippen LogP contribution < -0.4 is 9.47 Å². The minimum Gasteiger partial charge on any atom is -0.497 e. The smallest absolute Gasteiger partial charge is 0.497 e. The van der Waals surface area contributed by atoms with Gasteiger partial charge in [0.25, 0.3) is 0 Å². The fourth-order valence-corrected chi connectivity index (χ4v) is 1.85. The van der Waals surface area contributed by atoms with Crippen molar-refractivity contribution in [3.8, 4) is 22.6 Å². The Balaban J connectivity index is 2.47. The number of hydrogen-bond acceptors (Lipinski definition) is 3. The maximum absolute atomic E-state index is 12.3. The van der Waals surface area contributed by atoms with Crippen molar-refractivity contribution >= 4 is 6.29 Å². The van der Waals surface area contributed by atoms with Gasteiger partial charge in [-0.3, -0.25) is 4.79 Å². The molecule has 2 aromatic carbocycles. The van der Waals surface area contributed by atoms with Crippen LogP contribution in [0.4, 0.5) is 13.2 Å². The maximum Gasteiger partial charge on any atom is 0.573 e. The predicted molar refractivity (Wildman–Crippen MR) is 70.5 cm³/mol. The van der Waals surface area contributed by atoms with Crippen LogP contribution in [0.15, 0.2) is 42.5 Å². The highest BCUT2D eigenvalue weighted by molar-refractivity contribution is 5.80. The Kier molecular flexibility index (Phi) is 4.16. The molecular formula is C15H11F3O3. The van der Waals surface area contributed by atoms with Gasteiger partial charge in [-0.25, -0.2) is 0 Å². The molecule has 0 atom stereocenters. The van der Waals surface area contributed by atoms with Crippen LogP contribution >= 0.6 is 0 Å². The van der Waals surface area contributed by atoms with Gasteiger partial charge >= 0.3 is 6.36 Å². The van der Waals surface area contributed by atoms with Crippen LogP contribution in [0.2, 0.25) is 0 Å². The number of rotatable bonds is 4. The molecule has 2 aromatic rings. The van der Waals surface area contributed by atoms with Crippen LogP contribution in [-0.4, -0.2) is 19.8 Å². The third-order valence-electron chi connectivity index (χ3n) is 2.70. The Morgan fingerprint density at radius 3 is 2.33 bits per heavy atom. The van der Waals surface area contributed by atoms with Crippen molar-refractivity contribution in [1.82, 2.24) is 0 Å². The number of carbonyl (C=O) groups is 1. The van der Waals surface area contributed by atoms with Gasteiger partial charge in [-0.05, 0) is 41.5 Å². The highest BCUT2D eigenvalue weighted by atomic mass is 19.4. The second-order valence-corrected chi connectivity index (χ2v) is 4.19. The molecule has 0 saturated heterocycles. The average molecular weight is 296 g/mol. The lowest BCUT2D eigenvalue weighted by molar-refractivity contribution is -0.274. The Morgan fingerprint density at radius 1 is 1.00 bits per heavy atom. The molecule has 6 heteroatoms. The zero-order valence-electron chi connectivity index (χ0n) is 11.0. The molecule has 3 nitrogen and oxygen atoms in total. The number of halogens is 3. The van der Waals surface area contributed by atoms with Crippen LogP contribution in [0.5, 0.6) is 11.5 Å². The summed E-state index contributed by atoms with van der Waals surface area (Å²) < 4.78 is 45.8. The van der Waals surface area contributed by atoms with E-state index in [4.69, 9.17) is 4.74 Å². The van der Waals surface area contributed by atoms with Crippen molar-refractivity contribution in [2.24, 2.45) is 0 Å². The first-order chi connectivity index (χ1) is 9.91. The molecule has 0 aliphatic heterocycles. The summed E-state index contributed by atoms with van der Waals surface area (Å²) in [6.07, 6.45) is -4.35. The summed E-state index contributed by atoms with van der Waals surface area (Å²) in [6, 6.07) is 10.5. The van der Waals surface area contributed by atoms with E-state index in [2.05, 4.69) is 4.74 Å². The number of carbonyl (C=O) groups excluding carboxylic acids is 1. The molecule has 0 N–H and O–H groups in total. The van der Waals surface area contributed by atoms with E-state index in [1.165, 1.54) is 19.2 Å². The van der Waals surface area contributed by atoms with Crippen LogP contribution in [-0.2, 0) is 0 Å². The SMILES string of the molecule is COc1cccc(-c2cc(C=O)cc(OC(F)(F)F)c2)c1. The highest BCUT2D eigenvalue weighted by Gasteiger charge is 2.31. The van der Waals surface area contributed by atoms with Crippen molar-refractivity contribution < 1.29 is 27.4 Å². The second-order valence-electron chi connectivity index (χ2n) is 4.19. The third-order valence-corrected chi connectivity index (χ3v) is 2.70. The van der Waals surface area contributed by atoms with E-state index >= 15 is 0 Å². The topological polar surface area (TPSA) is 35.5 Å². The molecule has 0 saturated carbocycles. The van der Waals surface area contributed by atoms with Gasteiger partial charge in [-0.1, -0.05) is 12.1 Å². The van der Waals surface area contributed by atoms with Crippen LogP contribution in [0, 0.1) is 0 Å². The molecular weight excluding hydrogens is 285 g/mol. The number of benzene rings is 2. The normalized spacial score (nSPS) is 11.0. The lowest BCUT2D eigenvalue weighted by atomic mass is 10.0. The molecule has 0 aliphatic carbocycles. The van der Waals surface area contributed by atoms with E-state index in [1.54, 1.807) is 24.3 Å².